The van der Waals surface area contributed by atoms with Gasteiger partial charge in [-0.3, -0.25) is 14.5 Å². The van der Waals surface area contributed by atoms with Crippen molar-refractivity contribution in [3.05, 3.63) is 99.0 Å². The van der Waals surface area contributed by atoms with Gasteiger partial charge >= 0.3 is 0 Å². The molecule has 0 aliphatic carbocycles. The smallest absolute Gasteiger partial charge is 0.300 e. The van der Waals surface area contributed by atoms with Gasteiger partial charge in [-0.05, 0) is 66.6 Å². The highest BCUT2D eigenvalue weighted by atomic mass is 35.5. The van der Waals surface area contributed by atoms with E-state index in [2.05, 4.69) is 0 Å². The number of aliphatic hydroxyl groups is 1. The number of carbonyl (C=O) groups is 2. The van der Waals surface area contributed by atoms with Gasteiger partial charge < -0.3 is 9.84 Å². The Morgan fingerprint density at radius 1 is 0.969 bits per heavy atom. The number of ketones is 1. The van der Waals surface area contributed by atoms with Crippen molar-refractivity contribution in [1.82, 2.24) is 0 Å². The van der Waals surface area contributed by atoms with E-state index < -0.39 is 17.7 Å². The topological polar surface area (TPSA) is 66.8 Å². The summed E-state index contributed by atoms with van der Waals surface area (Å²) in [5, 5.41) is 12.0. The van der Waals surface area contributed by atoms with Crippen molar-refractivity contribution in [2.75, 3.05) is 12.0 Å². The van der Waals surface area contributed by atoms with E-state index in [0.29, 0.717) is 32.6 Å². The van der Waals surface area contributed by atoms with E-state index in [-0.39, 0.29) is 11.3 Å². The molecule has 1 aliphatic rings. The Kier molecular flexibility index (Phi) is 5.96. The van der Waals surface area contributed by atoms with Gasteiger partial charge in [0.15, 0.2) is 0 Å². The molecule has 32 heavy (non-hydrogen) atoms. The van der Waals surface area contributed by atoms with Gasteiger partial charge in [0.2, 0.25) is 0 Å². The third-order valence-electron chi connectivity index (χ3n) is 5.43. The second kappa shape index (κ2) is 8.69. The molecule has 3 aromatic rings. The maximum atomic E-state index is 13.2. The Morgan fingerprint density at radius 2 is 1.62 bits per heavy atom. The first kappa shape index (κ1) is 21.9. The number of hydrogen-bond donors (Lipinski definition) is 1. The molecule has 0 radical (unpaired) electrons. The van der Waals surface area contributed by atoms with Crippen LogP contribution in [0.1, 0.15) is 22.7 Å². The van der Waals surface area contributed by atoms with E-state index in [1.165, 1.54) is 4.90 Å². The summed E-state index contributed by atoms with van der Waals surface area (Å²) in [5.41, 5.74) is 2.30. The van der Waals surface area contributed by atoms with Crippen LogP contribution in [-0.4, -0.2) is 23.9 Å². The van der Waals surface area contributed by atoms with E-state index in [4.69, 9.17) is 27.9 Å². The summed E-state index contributed by atoms with van der Waals surface area (Å²) in [6, 6.07) is 17.7. The van der Waals surface area contributed by atoms with Crippen molar-refractivity contribution in [2.45, 2.75) is 13.0 Å². The van der Waals surface area contributed by atoms with Crippen LogP contribution in [-0.2, 0) is 9.59 Å². The number of aryl methyl sites for hydroxylation is 1. The molecule has 0 aromatic heterocycles. The van der Waals surface area contributed by atoms with Crippen LogP contribution in [0.5, 0.6) is 5.75 Å². The molecule has 4 rings (SSSR count). The van der Waals surface area contributed by atoms with Crippen molar-refractivity contribution < 1.29 is 19.4 Å². The summed E-state index contributed by atoms with van der Waals surface area (Å²) < 4.78 is 5.23. The number of ether oxygens (including phenoxy) is 1. The van der Waals surface area contributed by atoms with Crippen molar-refractivity contribution >= 4 is 46.3 Å². The highest BCUT2D eigenvalue weighted by molar-refractivity contribution is 6.51. The molecule has 3 aromatic carbocycles. The van der Waals surface area contributed by atoms with Gasteiger partial charge in [-0.2, -0.15) is 0 Å². The number of aliphatic hydroxyl groups excluding tert-OH is 1. The van der Waals surface area contributed by atoms with Crippen LogP contribution in [0.2, 0.25) is 10.0 Å². The van der Waals surface area contributed by atoms with Crippen LogP contribution in [0.3, 0.4) is 0 Å². The van der Waals surface area contributed by atoms with E-state index in [0.717, 1.165) is 5.56 Å². The fourth-order valence-corrected chi connectivity index (χ4v) is 4.00. The standard InChI is InChI=1S/C25H19Cl2NO4/c1-14-3-10-18(13-20(14)27)28-22(15-6-11-19(32-2)12-7-15)21(24(30)25(28)31)23(29)16-4-8-17(26)9-5-16/h3-13,22,29H,1-2H3/b23-21+. The van der Waals surface area contributed by atoms with Gasteiger partial charge in [0.25, 0.3) is 11.7 Å². The average Bonchev–Trinajstić information content (AvgIpc) is 3.06. The van der Waals surface area contributed by atoms with E-state index in [9.17, 15) is 14.7 Å². The number of nitrogens with zero attached hydrogens (tertiary/aromatic N) is 1. The molecule has 1 fully saturated rings. The van der Waals surface area contributed by atoms with Gasteiger partial charge in [-0.25, -0.2) is 0 Å². The fourth-order valence-electron chi connectivity index (χ4n) is 3.70. The number of Topliss-reactive ketones (excluding diaryl/α,β-unsaturated/α-hetero) is 1. The molecule has 1 saturated heterocycles. The number of anilines is 1. The summed E-state index contributed by atoms with van der Waals surface area (Å²) >= 11 is 12.3. The van der Waals surface area contributed by atoms with Crippen molar-refractivity contribution in [2.24, 2.45) is 0 Å². The number of rotatable bonds is 4. The maximum Gasteiger partial charge on any atom is 0.300 e. The largest absolute Gasteiger partial charge is 0.507 e. The molecule has 7 heteroatoms. The maximum absolute atomic E-state index is 13.2. The van der Waals surface area contributed by atoms with Crippen LogP contribution in [0.4, 0.5) is 5.69 Å². The van der Waals surface area contributed by atoms with Gasteiger partial charge in [-0.1, -0.05) is 41.4 Å². The first-order chi connectivity index (χ1) is 15.3. The number of carbonyl (C=O) groups excluding carboxylic acids is 2. The minimum absolute atomic E-state index is 0.0146. The van der Waals surface area contributed by atoms with Gasteiger partial charge in [0, 0.05) is 21.3 Å². The zero-order valence-electron chi connectivity index (χ0n) is 17.3. The van der Waals surface area contributed by atoms with Gasteiger partial charge in [0.1, 0.15) is 11.5 Å². The highest BCUT2D eigenvalue weighted by Crippen LogP contribution is 2.43. The molecule has 0 spiro atoms. The van der Waals surface area contributed by atoms with Crippen LogP contribution < -0.4 is 9.64 Å². The van der Waals surface area contributed by atoms with E-state index in [1.54, 1.807) is 73.8 Å². The van der Waals surface area contributed by atoms with Crippen LogP contribution in [0.25, 0.3) is 5.76 Å². The first-order valence-electron chi connectivity index (χ1n) is 9.79. The lowest BCUT2D eigenvalue weighted by Gasteiger charge is -2.26. The molecule has 1 heterocycles. The highest BCUT2D eigenvalue weighted by Gasteiger charge is 2.47. The second-order valence-electron chi connectivity index (χ2n) is 7.38. The predicted molar refractivity (Wildman–Crippen MR) is 125 cm³/mol. The molecule has 1 atom stereocenters. The normalized spacial score (nSPS) is 17.6. The molecule has 1 aliphatic heterocycles. The quantitative estimate of drug-likeness (QED) is 0.293. The summed E-state index contributed by atoms with van der Waals surface area (Å²) in [6.07, 6.45) is 0. The number of amides is 1. The Labute approximate surface area is 195 Å². The molecule has 1 unspecified atom stereocenters. The number of methoxy groups -OCH3 is 1. The summed E-state index contributed by atoms with van der Waals surface area (Å²) in [7, 11) is 1.55. The number of hydrogen-bond acceptors (Lipinski definition) is 4. The molecule has 162 valence electrons. The molecular formula is C25H19Cl2NO4. The third-order valence-corrected chi connectivity index (χ3v) is 6.09. The first-order valence-corrected chi connectivity index (χ1v) is 10.5. The Bertz CT molecular complexity index is 1230. The zero-order valence-corrected chi connectivity index (χ0v) is 18.8. The fraction of sp³-hybridized carbons (Fsp3) is 0.120. The SMILES string of the molecule is COc1ccc(C2/C(=C(\O)c3ccc(Cl)cc3)C(=O)C(=O)N2c2ccc(C)c(Cl)c2)cc1. The molecule has 0 saturated carbocycles. The third kappa shape index (κ3) is 3.85. The average molecular weight is 468 g/mol. The van der Waals surface area contributed by atoms with Gasteiger partial charge in [0.05, 0.1) is 18.7 Å². The number of halogens is 2. The molecule has 1 amide bonds. The lowest BCUT2D eigenvalue weighted by Crippen LogP contribution is -2.29. The van der Waals surface area contributed by atoms with Crippen molar-refractivity contribution in [3.63, 3.8) is 0 Å². The van der Waals surface area contributed by atoms with E-state index in [1.807, 2.05) is 6.92 Å². The van der Waals surface area contributed by atoms with Gasteiger partial charge in [-0.15, -0.1) is 0 Å². The van der Waals surface area contributed by atoms with Crippen LogP contribution >= 0.6 is 23.2 Å². The minimum Gasteiger partial charge on any atom is -0.507 e. The van der Waals surface area contributed by atoms with E-state index >= 15 is 0 Å². The monoisotopic (exact) mass is 467 g/mol. The summed E-state index contributed by atoms with van der Waals surface area (Å²) in [6.45, 7) is 1.85. The molecular weight excluding hydrogens is 449 g/mol. The lowest BCUT2D eigenvalue weighted by molar-refractivity contribution is -0.132. The zero-order chi connectivity index (χ0) is 23.0. The van der Waals surface area contributed by atoms with Crippen LogP contribution in [0.15, 0.2) is 72.3 Å². The minimum atomic E-state index is -0.852. The van der Waals surface area contributed by atoms with Crippen molar-refractivity contribution in [3.8, 4) is 5.75 Å². The summed E-state index contributed by atoms with van der Waals surface area (Å²) in [4.78, 5) is 27.6. The lowest BCUT2D eigenvalue weighted by atomic mass is 9.95. The molecule has 0 bridgehead atoms. The predicted octanol–water partition coefficient (Wildman–Crippen LogP) is 5.94. The Morgan fingerprint density at radius 3 is 2.22 bits per heavy atom. The summed E-state index contributed by atoms with van der Waals surface area (Å²) in [5.74, 6) is -1.18. The Balaban J connectivity index is 1.94. The Hall–Kier alpha value is -3.28. The van der Waals surface area contributed by atoms with Crippen molar-refractivity contribution in [1.29, 1.82) is 0 Å². The number of benzene rings is 3. The van der Waals surface area contributed by atoms with Crippen LogP contribution in [0, 0.1) is 6.92 Å². The molecule has 1 N–H and O–H groups in total. The second-order valence-corrected chi connectivity index (χ2v) is 8.23. The molecule has 5 nitrogen and oxygen atoms in total.